The lowest BCUT2D eigenvalue weighted by atomic mass is 10.0. The SMILES string of the molecule is CCCCCCC/C=C\C/C=C\C/C=C\CCCCCCCCCCCCCCCCCCCCCCCCCCC(=O)NC(COP(=O)(O)OCC[N+](C)(C)C)C(O)CCCCCCCCCCCCCCCCCCCCCCCCCCCCCCC. The van der Waals surface area contributed by atoms with Gasteiger partial charge < -0.3 is 19.8 Å². The Kier molecular flexibility index (Phi) is 71.0. The highest BCUT2D eigenvalue weighted by molar-refractivity contribution is 7.47. The van der Waals surface area contributed by atoms with Crippen LogP contribution in [-0.4, -0.2) is 73.4 Å². The zero-order valence-corrected chi connectivity index (χ0v) is 62.3. The molecule has 0 saturated carbocycles. The van der Waals surface area contributed by atoms with E-state index in [0.717, 1.165) is 51.4 Å². The second kappa shape index (κ2) is 72.0. The number of aliphatic hydroxyl groups excluding tert-OH is 1. The molecule has 0 aliphatic rings. The average molecular weight is 1290 g/mol. The lowest BCUT2D eigenvalue weighted by Gasteiger charge is -2.26. The van der Waals surface area contributed by atoms with E-state index in [4.69, 9.17) is 9.05 Å². The molecule has 1 amide bonds. The summed E-state index contributed by atoms with van der Waals surface area (Å²) in [5, 5.41) is 14.2. The minimum Gasteiger partial charge on any atom is -0.391 e. The molecule has 534 valence electrons. The number of allylic oxidation sites excluding steroid dienone is 6. The highest BCUT2D eigenvalue weighted by atomic mass is 31.2. The number of carbonyl (C=O) groups excluding carboxylic acids is 1. The van der Waals surface area contributed by atoms with E-state index in [2.05, 4.69) is 55.6 Å². The fourth-order valence-electron chi connectivity index (χ4n) is 12.7. The number of rotatable bonds is 76. The second-order valence-corrected chi connectivity index (χ2v) is 30.6. The van der Waals surface area contributed by atoms with Crippen LogP contribution in [0.5, 0.6) is 0 Å². The smallest absolute Gasteiger partial charge is 0.391 e. The number of phosphoric ester groups is 1. The minimum absolute atomic E-state index is 0.0776. The molecular formula is C81H160N2O6P+. The summed E-state index contributed by atoms with van der Waals surface area (Å²) in [6.45, 7) is 4.95. The van der Waals surface area contributed by atoms with Gasteiger partial charge in [0, 0.05) is 6.42 Å². The van der Waals surface area contributed by atoms with Crippen LogP contribution in [0.15, 0.2) is 36.5 Å². The van der Waals surface area contributed by atoms with Gasteiger partial charge in [-0.3, -0.25) is 13.8 Å². The van der Waals surface area contributed by atoms with Crippen LogP contribution in [-0.2, 0) is 18.4 Å². The van der Waals surface area contributed by atoms with E-state index in [1.807, 2.05) is 21.1 Å². The van der Waals surface area contributed by atoms with Gasteiger partial charge in [0.2, 0.25) is 5.91 Å². The number of amides is 1. The van der Waals surface area contributed by atoms with Crippen molar-refractivity contribution in [2.24, 2.45) is 0 Å². The minimum atomic E-state index is -4.33. The van der Waals surface area contributed by atoms with Crippen molar-refractivity contribution in [3.63, 3.8) is 0 Å². The first-order valence-corrected chi connectivity index (χ1v) is 41.8. The Balaban J connectivity index is 3.90. The molecular weight excluding hydrogens is 1130 g/mol. The van der Waals surface area contributed by atoms with E-state index >= 15 is 0 Å². The van der Waals surface area contributed by atoms with Crippen LogP contribution in [0.4, 0.5) is 0 Å². The molecule has 0 radical (unpaired) electrons. The maximum atomic E-state index is 13.1. The molecule has 0 fully saturated rings. The summed E-state index contributed by atoms with van der Waals surface area (Å²) in [5.74, 6) is -0.134. The van der Waals surface area contributed by atoms with Gasteiger partial charge in [-0.1, -0.05) is 403 Å². The number of hydrogen-bond acceptors (Lipinski definition) is 5. The number of phosphoric acid groups is 1. The normalized spacial score (nSPS) is 13.6. The highest BCUT2D eigenvalue weighted by Gasteiger charge is 2.28. The Morgan fingerprint density at radius 1 is 0.378 bits per heavy atom. The van der Waals surface area contributed by atoms with Crippen LogP contribution in [0.25, 0.3) is 0 Å². The number of aliphatic hydroxyl groups is 1. The number of quaternary nitrogens is 1. The predicted molar refractivity (Wildman–Crippen MR) is 397 cm³/mol. The van der Waals surface area contributed by atoms with Crippen molar-refractivity contribution in [2.45, 2.75) is 437 Å². The van der Waals surface area contributed by atoms with Crippen molar-refractivity contribution >= 4 is 13.7 Å². The Hall–Kier alpha value is -1.28. The van der Waals surface area contributed by atoms with E-state index in [-0.39, 0.29) is 19.1 Å². The van der Waals surface area contributed by atoms with E-state index in [0.29, 0.717) is 23.9 Å². The summed E-state index contributed by atoms with van der Waals surface area (Å²) in [7, 11) is 1.64. The third kappa shape index (κ3) is 74.1. The van der Waals surface area contributed by atoms with Crippen LogP contribution in [0, 0.1) is 0 Å². The maximum absolute atomic E-state index is 13.1. The first-order chi connectivity index (χ1) is 44.0. The molecule has 0 aromatic heterocycles. The third-order valence-corrected chi connectivity index (χ3v) is 19.9. The van der Waals surface area contributed by atoms with Crippen LogP contribution in [0.1, 0.15) is 425 Å². The summed E-state index contributed by atoms with van der Waals surface area (Å²) in [5.41, 5.74) is 0. The van der Waals surface area contributed by atoms with Crippen LogP contribution < -0.4 is 5.32 Å². The fourth-order valence-corrected chi connectivity index (χ4v) is 13.4. The Bertz CT molecular complexity index is 1560. The van der Waals surface area contributed by atoms with Gasteiger partial charge in [0.1, 0.15) is 13.2 Å². The van der Waals surface area contributed by atoms with E-state index in [1.54, 1.807) is 0 Å². The molecule has 0 spiro atoms. The molecule has 90 heavy (non-hydrogen) atoms. The van der Waals surface area contributed by atoms with Gasteiger partial charge in [-0.2, -0.15) is 0 Å². The van der Waals surface area contributed by atoms with Crippen molar-refractivity contribution in [1.82, 2.24) is 5.32 Å². The van der Waals surface area contributed by atoms with Gasteiger partial charge in [-0.25, -0.2) is 4.57 Å². The molecule has 0 bridgehead atoms. The number of nitrogens with zero attached hydrogens (tertiary/aromatic N) is 1. The van der Waals surface area contributed by atoms with Crippen molar-refractivity contribution < 1.29 is 32.9 Å². The van der Waals surface area contributed by atoms with Crippen molar-refractivity contribution in [3.8, 4) is 0 Å². The average Bonchev–Trinajstić information content (AvgIpc) is 3.72. The molecule has 0 rings (SSSR count). The largest absolute Gasteiger partial charge is 0.472 e. The van der Waals surface area contributed by atoms with Gasteiger partial charge in [0.05, 0.1) is 39.9 Å². The molecule has 9 heteroatoms. The van der Waals surface area contributed by atoms with E-state index in [9.17, 15) is 19.4 Å². The number of likely N-dealkylation sites (N-methyl/N-ethyl adjacent to an activating group) is 1. The monoisotopic (exact) mass is 1290 g/mol. The third-order valence-electron chi connectivity index (χ3n) is 18.9. The zero-order valence-electron chi connectivity index (χ0n) is 61.4. The number of unbranched alkanes of at least 4 members (excludes halogenated alkanes) is 57. The zero-order chi connectivity index (χ0) is 65.5. The second-order valence-electron chi connectivity index (χ2n) is 29.2. The molecule has 0 aliphatic carbocycles. The highest BCUT2D eigenvalue weighted by Crippen LogP contribution is 2.43. The maximum Gasteiger partial charge on any atom is 0.472 e. The molecule has 0 aliphatic heterocycles. The van der Waals surface area contributed by atoms with Gasteiger partial charge >= 0.3 is 7.82 Å². The summed E-state index contributed by atoms with van der Waals surface area (Å²) in [6.07, 6.45) is 97.2. The Labute approximate surface area is 563 Å². The summed E-state index contributed by atoms with van der Waals surface area (Å²) < 4.78 is 24.0. The number of nitrogens with one attached hydrogen (secondary N) is 1. The van der Waals surface area contributed by atoms with E-state index < -0.39 is 20.0 Å². The van der Waals surface area contributed by atoms with Gasteiger partial charge in [0.15, 0.2) is 0 Å². The molecule has 3 N–H and O–H groups in total. The van der Waals surface area contributed by atoms with Crippen LogP contribution >= 0.6 is 7.82 Å². The molecule has 3 unspecified atom stereocenters. The Morgan fingerprint density at radius 2 is 0.633 bits per heavy atom. The lowest BCUT2D eigenvalue weighted by molar-refractivity contribution is -0.870. The van der Waals surface area contributed by atoms with Crippen LogP contribution in [0.2, 0.25) is 0 Å². The van der Waals surface area contributed by atoms with Crippen molar-refractivity contribution in [1.29, 1.82) is 0 Å². The Morgan fingerprint density at radius 3 is 0.922 bits per heavy atom. The fraction of sp³-hybridized carbons (Fsp3) is 0.914. The molecule has 8 nitrogen and oxygen atoms in total. The van der Waals surface area contributed by atoms with Crippen molar-refractivity contribution in [2.75, 3.05) is 40.9 Å². The topological polar surface area (TPSA) is 105 Å². The van der Waals surface area contributed by atoms with E-state index in [1.165, 1.54) is 347 Å². The number of hydrogen-bond donors (Lipinski definition) is 3. The predicted octanol–water partition coefficient (Wildman–Crippen LogP) is 26.3. The quantitative estimate of drug-likeness (QED) is 0.0243. The summed E-state index contributed by atoms with van der Waals surface area (Å²) in [6, 6.07) is -0.761. The lowest BCUT2D eigenvalue weighted by Crippen LogP contribution is -2.46. The summed E-state index contributed by atoms with van der Waals surface area (Å²) >= 11 is 0. The van der Waals surface area contributed by atoms with Gasteiger partial charge in [0.25, 0.3) is 0 Å². The van der Waals surface area contributed by atoms with Gasteiger partial charge in [-0.15, -0.1) is 0 Å². The van der Waals surface area contributed by atoms with Crippen LogP contribution in [0.3, 0.4) is 0 Å². The molecule has 0 saturated heterocycles. The van der Waals surface area contributed by atoms with Crippen molar-refractivity contribution in [3.05, 3.63) is 36.5 Å². The first-order valence-electron chi connectivity index (χ1n) is 40.4. The molecule has 0 heterocycles. The molecule has 0 aromatic rings. The molecule has 0 aromatic carbocycles. The summed E-state index contributed by atoms with van der Waals surface area (Å²) in [4.78, 5) is 23.5. The number of carbonyl (C=O) groups is 1. The standard InChI is InChI=1S/C81H159N2O6P/c1-6-8-10-12-14-16-18-20-22-24-26-28-30-32-34-36-37-38-39-40-41-42-43-44-45-47-49-51-53-55-57-59-61-63-65-67-69-71-73-75-81(85)82-79(78-89-90(86,87)88-77-76-83(3,4)5)80(84)74-72-70-68-66-64-62-60-58-56-54-52-50-48-46-35-33-31-29-27-25-23-21-19-17-15-13-11-9-7-2/h18,20,24,26,30,32,79-80,84H,6-17,19,21-23,25,27-29,31,33-78H2,1-5H3,(H-,82,85,86,87)/p+1/b20-18-,26-24-,32-30-. The first kappa shape index (κ1) is 88.7. The molecule has 3 atom stereocenters. The van der Waals surface area contributed by atoms with Gasteiger partial charge in [-0.05, 0) is 51.4 Å².